The lowest BCUT2D eigenvalue weighted by atomic mass is 10.1. The van der Waals surface area contributed by atoms with Crippen LogP contribution in [0.2, 0.25) is 0 Å². The number of likely N-dealkylation sites (N-methyl/N-ethyl adjacent to an activating group) is 1. The van der Waals surface area contributed by atoms with Crippen molar-refractivity contribution in [3.05, 3.63) is 35.9 Å². The zero-order valence-electron chi connectivity index (χ0n) is 12.0. The lowest BCUT2D eigenvalue weighted by molar-refractivity contribution is -0.133. The van der Waals surface area contributed by atoms with Crippen molar-refractivity contribution in [2.45, 2.75) is 31.7 Å². The van der Waals surface area contributed by atoms with Crippen molar-refractivity contribution in [1.29, 1.82) is 0 Å². The van der Waals surface area contributed by atoms with Crippen molar-refractivity contribution < 1.29 is 4.79 Å². The van der Waals surface area contributed by atoms with Crippen molar-refractivity contribution in [3.63, 3.8) is 0 Å². The Morgan fingerprint density at radius 1 is 1.32 bits per heavy atom. The molecule has 0 aliphatic carbocycles. The number of aryl methyl sites for hydroxylation is 1. The van der Waals surface area contributed by atoms with Gasteiger partial charge in [-0.2, -0.15) is 0 Å². The number of likely N-dealkylation sites (tertiary alicyclic amines) is 1. The number of carbonyl (C=O) groups excluding carboxylic acids is 1. The molecule has 1 aromatic rings. The van der Waals surface area contributed by atoms with E-state index in [-0.39, 0.29) is 11.9 Å². The van der Waals surface area contributed by atoms with Crippen molar-refractivity contribution in [1.82, 2.24) is 9.80 Å². The molecule has 1 aliphatic heterocycles. The average Bonchev–Trinajstić information content (AvgIpc) is 2.87. The van der Waals surface area contributed by atoms with E-state index in [4.69, 9.17) is 0 Å². The van der Waals surface area contributed by atoms with Crippen LogP contribution in [-0.2, 0) is 11.2 Å². The van der Waals surface area contributed by atoms with E-state index in [0.29, 0.717) is 0 Å². The summed E-state index contributed by atoms with van der Waals surface area (Å²) in [6.07, 6.45) is 4.39. The van der Waals surface area contributed by atoms with Crippen LogP contribution in [0.4, 0.5) is 0 Å². The molecule has 0 aromatic heterocycles. The third-order valence-corrected chi connectivity index (χ3v) is 3.84. The summed E-state index contributed by atoms with van der Waals surface area (Å²) in [4.78, 5) is 16.1. The highest BCUT2D eigenvalue weighted by Gasteiger charge is 2.30. The minimum atomic E-state index is 0.116. The van der Waals surface area contributed by atoms with Gasteiger partial charge in [-0.15, -0.1) is 0 Å². The molecule has 3 heteroatoms. The van der Waals surface area contributed by atoms with Gasteiger partial charge < -0.3 is 4.90 Å². The summed E-state index contributed by atoms with van der Waals surface area (Å²) >= 11 is 0. The summed E-state index contributed by atoms with van der Waals surface area (Å²) in [5.74, 6) is 0.261. The van der Waals surface area contributed by atoms with Gasteiger partial charge in [-0.05, 0) is 44.3 Å². The zero-order valence-corrected chi connectivity index (χ0v) is 12.0. The maximum absolute atomic E-state index is 12.1. The van der Waals surface area contributed by atoms with Crippen LogP contribution >= 0.6 is 0 Å². The van der Waals surface area contributed by atoms with Crippen LogP contribution in [0.1, 0.15) is 24.8 Å². The van der Waals surface area contributed by atoms with Gasteiger partial charge in [0.2, 0.25) is 5.91 Å². The molecule has 0 spiro atoms. The normalized spacial score (nSPS) is 19.6. The first-order valence-corrected chi connectivity index (χ1v) is 7.17. The van der Waals surface area contributed by atoms with Crippen molar-refractivity contribution in [2.75, 3.05) is 27.2 Å². The van der Waals surface area contributed by atoms with E-state index in [2.05, 4.69) is 35.2 Å². The van der Waals surface area contributed by atoms with Crippen LogP contribution < -0.4 is 0 Å². The van der Waals surface area contributed by atoms with Gasteiger partial charge in [0.15, 0.2) is 0 Å². The number of amides is 1. The molecule has 1 amide bonds. The molecule has 1 atom stereocenters. The SMILES string of the molecule is CN(C)C(=O)[C@@H]1CCCN1CCCc1ccccc1. The second-order valence-corrected chi connectivity index (χ2v) is 5.52. The molecule has 0 saturated carbocycles. The first kappa shape index (κ1) is 14.1. The Hall–Kier alpha value is -1.35. The van der Waals surface area contributed by atoms with Crippen molar-refractivity contribution in [3.8, 4) is 0 Å². The Labute approximate surface area is 116 Å². The maximum Gasteiger partial charge on any atom is 0.239 e. The number of rotatable bonds is 5. The van der Waals surface area contributed by atoms with Crippen LogP contribution in [0.5, 0.6) is 0 Å². The molecular weight excluding hydrogens is 236 g/mol. The average molecular weight is 260 g/mol. The molecule has 1 heterocycles. The summed E-state index contributed by atoms with van der Waals surface area (Å²) in [6.45, 7) is 2.10. The van der Waals surface area contributed by atoms with Crippen LogP contribution in [-0.4, -0.2) is 48.9 Å². The van der Waals surface area contributed by atoms with Gasteiger partial charge in [0.1, 0.15) is 0 Å². The van der Waals surface area contributed by atoms with Gasteiger partial charge >= 0.3 is 0 Å². The van der Waals surface area contributed by atoms with E-state index in [9.17, 15) is 4.79 Å². The van der Waals surface area contributed by atoms with Crippen LogP contribution in [0.3, 0.4) is 0 Å². The highest BCUT2D eigenvalue weighted by atomic mass is 16.2. The lowest BCUT2D eigenvalue weighted by Gasteiger charge is -2.26. The minimum Gasteiger partial charge on any atom is -0.347 e. The smallest absolute Gasteiger partial charge is 0.239 e. The van der Waals surface area contributed by atoms with Gasteiger partial charge in [-0.1, -0.05) is 30.3 Å². The summed E-state index contributed by atoms with van der Waals surface area (Å²) in [5.41, 5.74) is 1.39. The molecule has 2 rings (SSSR count). The molecule has 0 bridgehead atoms. The third kappa shape index (κ3) is 3.80. The summed E-state index contributed by atoms with van der Waals surface area (Å²) in [5, 5.41) is 0. The molecule has 104 valence electrons. The Bertz CT molecular complexity index is 402. The van der Waals surface area contributed by atoms with Crippen LogP contribution in [0, 0.1) is 0 Å². The molecule has 1 aromatic carbocycles. The van der Waals surface area contributed by atoms with Gasteiger partial charge in [-0.25, -0.2) is 0 Å². The molecule has 0 unspecified atom stereocenters. The molecule has 3 nitrogen and oxygen atoms in total. The zero-order chi connectivity index (χ0) is 13.7. The van der Waals surface area contributed by atoms with E-state index >= 15 is 0 Å². The Kier molecular flexibility index (Phi) is 4.97. The Morgan fingerprint density at radius 3 is 2.74 bits per heavy atom. The topological polar surface area (TPSA) is 23.6 Å². The fraction of sp³-hybridized carbons (Fsp3) is 0.562. The Balaban J connectivity index is 1.80. The number of benzene rings is 1. The fourth-order valence-electron chi connectivity index (χ4n) is 2.80. The Morgan fingerprint density at radius 2 is 2.05 bits per heavy atom. The number of hydrogen-bond donors (Lipinski definition) is 0. The molecule has 1 saturated heterocycles. The van der Waals surface area contributed by atoms with E-state index in [0.717, 1.165) is 38.8 Å². The number of nitrogens with zero attached hydrogens (tertiary/aromatic N) is 2. The predicted molar refractivity (Wildman–Crippen MR) is 78.1 cm³/mol. The molecule has 0 radical (unpaired) electrons. The van der Waals surface area contributed by atoms with E-state index in [1.807, 2.05) is 14.1 Å². The summed E-state index contributed by atoms with van der Waals surface area (Å²) < 4.78 is 0. The van der Waals surface area contributed by atoms with Gasteiger partial charge in [-0.3, -0.25) is 9.69 Å². The molecule has 1 aliphatic rings. The second kappa shape index (κ2) is 6.71. The van der Waals surface area contributed by atoms with Gasteiger partial charge in [0.25, 0.3) is 0 Å². The number of carbonyl (C=O) groups is 1. The van der Waals surface area contributed by atoms with E-state index in [1.165, 1.54) is 5.56 Å². The predicted octanol–water partition coefficient (Wildman–Crippen LogP) is 2.17. The summed E-state index contributed by atoms with van der Waals surface area (Å²) in [6, 6.07) is 10.7. The molecule has 0 N–H and O–H groups in total. The van der Waals surface area contributed by atoms with Gasteiger partial charge in [0.05, 0.1) is 6.04 Å². The highest BCUT2D eigenvalue weighted by Crippen LogP contribution is 2.19. The van der Waals surface area contributed by atoms with E-state index in [1.54, 1.807) is 4.90 Å². The first-order valence-electron chi connectivity index (χ1n) is 7.17. The lowest BCUT2D eigenvalue weighted by Crippen LogP contribution is -2.43. The standard InChI is InChI=1S/C16H24N2O/c1-17(2)16(19)15-11-7-13-18(15)12-6-10-14-8-4-3-5-9-14/h3-5,8-9,15H,6-7,10-13H2,1-2H3/t15-/m0/s1. The van der Waals surface area contributed by atoms with Crippen LogP contribution in [0.15, 0.2) is 30.3 Å². The molecular formula is C16H24N2O. The minimum absolute atomic E-state index is 0.116. The highest BCUT2D eigenvalue weighted by molar-refractivity contribution is 5.81. The van der Waals surface area contributed by atoms with Crippen molar-refractivity contribution in [2.24, 2.45) is 0 Å². The largest absolute Gasteiger partial charge is 0.347 e. The molecule has 1 fully saturated rings. The monoisotopic (exact) mass is 260 g/mol. The molecule has 19 heavy (non-hydrogen) atoms. The second-order valence-electron chi connectivity index (χ2n) is 5.52. The quantitative estimate of drug-likeness (QED) is 0.810. The number of hydrogen-bond acceptors (Lipinski definition) is 2. The van der Waals surface area contributed by atoms with Crippen molar-refractivity contribution >= 4 is 5.91 Å². The first-order chi connectivity index (χ1) is 9.18. The fourth-order valence-corrected chi connectivity index (χ4v) is 2.80. The maximum atomic E-state index is 12.1. The van der Waals surface area contributed by atoms with E-state index < -0.39 is 0 Å². The summed E-state index contributed by atoms with van der Waals surface area (Å²) in [7, 11) is 3.70. The van der Waals surface area contributed by atoms with Crippen LogP contribution in [0.25, 0.3) is 0 Å². The van der Waals surface area contributed by atoms with Gasteiger partial charge in [0, 0.05) is 14.1 Å². The third-order valence-electron chi connectivity index (χ3n) is 3.84.